The molecule has 0 saturated carbocycles. The highest BCUT2D eigenvalue weighted by molar-refractivity contribution is 5.92. The van der Waals surface area contributed by atoms with E-state index in [1.54, 1.807) is 12.1 Å². The molecule has 0 unspecified atom stereocenters. The summed E-state index contributed by atoms with van der Waals surface area (Å²) in [6, 6.07) is 9.22. The Morgan fingerprint density at radius 2 is 1.93 bits per heavy atom. The molecule has 2 heteroatoms. The Morgan fingerprint density at radius 3 is 2.50 bits per heavy atom. The minimum absolute atomic E-state index is 0.0249. The van der Waals surface area contributed by atoms with Crippen molar-refractivity contribution in [3.05, 3.63) is 47.5 Å². The van der Waals surface area contributed by atoms with Crippen molar-refractivity contribution in [1.29, 1.82) is 0 Å². The van der Waals surface area contributed by atoms with Gasteiger partial charge in [-0.25, -0.2) is 0 Å². The average Bonchev–Trinajstić information content (AvgIpc) is 2.18. The van der Waals surface area contributed by atoms with Crippen LogP contribution in [0.1, 0.15) is 19.4 Å². The lowest BCUT2D eigenvalue weighted by atomic mass is 10.2. The van der Waals surface area contributed by atoms with E-state index in [-0.39, 0.29) is 5.90 Å². The van der Waals surface area contributed by atoms with Crippen LogP contribution in [0.5, 0.6) is 0 Å². The number of hydrogen-bond donors (Lipinski definition) is 0. The summed E-state index contributed by atoms with van der Waals surface area (Å²) in [7, 11) is 0. The van der Waals surface area contributed by atoms with Gasteiger partial charge >= 0.3 is 0 Å². The zero-order chi connectivity index (χ0) is 10.4. The SMILES string of the molecule is CC(C)=CCOC(=[N])c1ccccc1. The molecule has 0 spiro atoms. The summed E-state index contributed by atoms with van der Waals surface area (Å²) < 4.78 is 5.13. The first-order chi connectivity index (χ1) is 6.70. The zero-order valence-electron chi connectivity index (χ0n) is 8.53. The van der Waals surface area contributed by atoms with Crippen molar-refractivity contribution in [2.75, 3.05) is 6.61 Å². The molecule has 0 amide bonds. The van der Waals surface area contributed by atoms with Gasteiger partial charge in [-0.15, -0.1) is 5.41 Å². The van der Waals surface area contributed by atoms with Gasteiger partial charge in [0, 0.05) is 5.56 Å². The summed E-state index contributed by atoms with van der Waals surface area (Å²) in [5.74, 6) is -0.0249. The highest BCUT2D eigenvalue weighted by Gasteiger charge is 2.00. The van der Waals surface area contributed by atoms with Crippen LogP contribution in [0, 0.1) is 0 Å². The Kier molecular flexibility index (Phi) is 3.92. The van der Waals surface area contributed by atoms with Gasteiger partial charge in [0.2, 0.25) is 5.90 Å². The molecule has 1 aromatic carbocycles. The summed E-state index contributed by atoms with van der Waals surface area (Å²) in [5.41, 5.74) is 1.88. The Bertz CT molecular complexity index is 323. The number of benzene rings is 1. The monoisotopic (exact) mass is 188 g/mol. The second-order valence-corrected chi connectivity index (χ2v) is 3.26. The molecule has 1 aromatic rings. The van der Waals surface area contributed by atoms with Crippen LogP contribution in [0.15, 0.2) is 42.0 Å². The molecule has 14 heavy (non-hydrogen) atoms. The third-order valence-electron chi connectivity index (χ3n) is 1.73. The van der Waals surface area contributed by atoms with Gasteiger partial charge in [0.05, 0.1) is 0 Å². The van der Waals surface area contributed by atoms with E-state index in [1.165, 1.54) is 5.57 Å². The number of hydrogen-bond acceptors (Lipinski definition) is 1. The standard InChI is InChI=1S/C12H14NO/c1-10(2)8-9-14-12(13)11-6-4-3-5-7-11/h3-8H,9H2,1-2H3. The van der Waals surface area contributed by atoms with Crippen molar-refractivity contribution in [2.45, 2.75) is 13.8 Å². The van der Waals surface area contributed by atoms with Crippen molar-refractivity contribution in [3.8, 4) is 0 Å². The topological polar surface area (TPSA) is 31.5 Å². The van der Waals surface area contributed by atoms with Crippen LogP contribution in [-0.4, -0.2) is 12.5 Å². The first-order valence-corrected chi connectivity index (χ1v) is 4.57. The molecule has 0 aliphatic heterocycles. The lowest BCUT2D eigenvalue weighted by Crippen LogP contribution is -2.07. The van der Waals surface area contributed by atoms with E-state index in [1.807, 2.05) is 38.1 Å². The summed E-state index contributed by atoms with van der Waals surface area (Å²) in [6.45, 7) is 4.38. The van der Waals surface area contributed by atoms with E-state index < -0.39 is 0 Å². The molecular formula is C12H14NO. The van der Waals surface area contributed by atoms with Crippen LogP contribution in [0.2, 0.25) is 0 Å². The molecule has 2 nitrogen and oxygen atoms in total. The summed E-state index contributed by atoms with van der Waals surface area (Å²) in [5, 5.41) is 9.50. The van der Waals surface area contributed by atoms with Crippen molar-refractivity contribution < 1.29 is 4.74 Å². The molecule has 0 aromatic heterocycles. The maximum Gasteiger partial charge on any atom is 0.241 e. The highest BCUT2D eigenvalue weighted by Crippen LogP contribution is 2.00. The second-order valence-electron chi connectivity index (χ2n) is 3.26. The Morgan fingerprint density at radius 1 is 1.29 bits per heavy atom. The molecule has 73 valence electrons. The molecule has 0 heterocycles. The van der Waals surface area contributed by atoms with Gasteiger partial charge < -0.3 is 4.74 Å². The molecule has 0 aliphatic rings. The van der Waals surface area contributed by atoms with Gasteiger partial charge in [-0.05, 0) is 32.1 Å². The molecule has 1 rings (SSSR count). The van der Waals surface area contributed by atoms with Crippen LogP contribution in [0.4, 0.5) is 0 Å². The maximum atomic E-state index is 9.50. The smallest absolute Gasteiger partial charge is 0.241 e. The van der Waals surface area contributed by atoms with Gasteiger partial charge in [-0.2, -0.15) is 0 Å². The predicted octanol–water partition coefficient (Wildman–Crippen LogP) is 2.22. The fraction of sp³-hybridized carbons (Fsp3) is 0.250. The number of rotatable bonds is 3. The molecule has 0 atom stereocenters. The van der Waals surface area contributed by atoms with Crippen molar-refractivity contribution in [2.24, 2.45) is 0 Å². The number of nitrogens with zero attached hydrogens (tertiary/aromatic N) is 1. The number of allylic oxidation sites excluding steroid dienone is 1. The molecule has 0 saturated heterocycles. The third kappa shape index (κ3) is 3.44. The van der Waals surface area contributed by atoms with Gasteiger partial charge in [-0.3, -0.25) is 0 Å². The third-order valence-corrected chi connectivity index (χ3v) is 1.73. The Hall–Kier alpha value is -1.57. The normalized spacial score (nSPS) is 9.29. The molecule has 1 radical (unpaired) electrons. The van der Waals surface area contributed by atoms with E-state index in [0.717, 1.165) is 0 Å². The van der Waals surface area contributed by atoms with Crippen molar-refractivity contribution in [1.82, 2.24) is 5.41 Å². The minimum atomic E-state index is -0.0249. The van der Waals surface area contributed by atoms with Crippen LogP contribution < -0.4 is 5.41 Å². The maximum absolute atomic E-state index is 9.50. The van der Waals surface area contributed by atoms with Crippen molar-refractivity contribution >= 4 is 5.90 Å². The van der Waals surface area contributed by atoms with Gasteiger partial charge in [0.1, 0.15) is 6.61 Å². The first-order valence-electron chi connectivity index (χ1n) is 4.57. The van der Waals surface area contributed by atoms with Crippen LogP contribution >= 0.6 is 0 Å². The predicted molar refractivity (Wildman–Crippen MR) is 58.1 cm³/mol. The fourth-order valence-electron chi connectivity index (χ4n) is 0.951. The Balaban J connectivity index is 2.48. The van der Waals surface area contributed by atoms with Crippen LogP contribution in [0.3, 0.4) is 0 Å². The highest BCUT2D eigenvalue weighted by atomic mass is 16.5. The minimum Gasteiger partial charge on any atom is -0.472 e. The van der Waals surface area contributed by atoms with Crippen LogP contribution in [-0.2, 0) is 4.74 Å². The van der Waals surface area contributed by atoms with E-state index in [0.29, 0.717) is 12.2 Å². The molecule has 0 bridgehead atoms. The first kappa shape index (κ1) is 10.5. The van der Waals surface area contributed by atoms with E-state index in [9.17, 15) is 5.41 Å². The number of ether oxygens (including phenoxy) is 1. The van der Waals surface area contributed by atoms with Gasteiger partial charge in [0.25, 0.3) is 0 Å². The van der Waals surface area contributed by atoms with Crippen molar-refractivity contribution in [3.63, 3.8) is 0 Å². The summed E-state index contributed by atoms with van der Waals surface area (Å²) >= 11 is 0. The van der Waals surface area contributed by atoms with E-state index in [4.69, 9.17) is 4.74 Å². The van der Waals surface area contributed by atoms with Crippen LogP contribution in [0.25, 0.3) is 0 Å². The molecular weight excluding hydrogens is 174 g/mol. The molecule has 0 aliphatic carbocycles. The van der Waals surface area contributed by atoms with E-state index >= 15 is 0 Å². The molecule has 0 fully saturated rings. The lowest BCUT2D eigenvalue weighted by Gasteiger charge is -2.03. The quantitative estimate of drug-likeness (QED) is 0.406. The molecule has 0 N–H and O–H groups in total. The zero-order valence-corrected chi connectivity index (χ0v) is 8.53. The van der Waals surface area contributed by atoms with E-state index in [2.05, 4.69) is 0 Å². The second kappa shape index (κ2) is 5.22. The fourth-order valence-corrected chi connectivity index (χ4v) is 0.951. The van der Waals surface area contributed by atoms with Gasteiger partial charge in [0.15, 0.2) is 0 Å². The lowest BCUT2D eigenvalue weighted by molar-refractivity contribution is 0.351. The Labute approximate surface area is 84.7 Å². The average molecular weight is 188 g/mol. The largest absolute Gasteiger partial charge is 0.472 e. The summed E-state index contributed by atoms with van der Waals surface area (Å²) in [6.07, 6.45) is 1.92. The van der Waals surface area contributed by atoms with Gasteiger partial charge in [-0.1, -0.05) is 23.8 Å². The summed E-state index contributed by atoms with van der Waals surface area (Å²) in [4.78, 5) is 0.